The predicted octanol–water partition coefficient (Wildman–Crippen LogP) is 1.69. The highest BCUT2D eigenvalue weighted by atomic mass is 16.6. The Balaban J connectivity index is 2.24. The number of hydrogen-bond acceptors (Lipinski definition) is 5. The highest BCUT2D eigenvalue weighted by Gasteiger charge is 2.24. The fourth-order valence-corrected chi connectivity index (χ4v) is 2.39. The number of rotatable bonds is 4. The quantitative estimate of drug-likeness (QED) is 0.635. The molecular formula is C12H16N4O3. The minimum absolute atomic E-state index is 0.0637. The molecule has 1 aliphatic rings. The van der Waals surface area contributed by atoms with Crippen molar-refractivity contribution in [3.63, 3.8) is 0 Å². The molecule has 2 unspecified atom stereocenters. The van der Waals surface area contributed by atoms with E-state index in [4.69, 9.17) is 5.73 Å². The maximum absolute atomic E-state index is 11.4. The number of amides is 1. The van der Waals surface area contributed by atoms with Gasteiger partial charge in [-0.3, -0.25) is 14.9 Å². The second-order valence-electron chi connectivity index (χ2n) is 4.97. The van der Waals surface area contributed by atoms with Crippen LogP contribution >= 0.6 is 0 Å². The van der Waals surface area contributed by atoms with Gasteiger partial charge in [-0.25, -0.2) is 4.98 Å². The van der Waals surface area contributed by atoms with Crippen LogP contribution in [0.4, 0.5) is 11.5 Å². The topological polar surface area (TPSA) is 111 Å². The van der Waals surface area contributed by atoms with E-state index < -0.39 is 10.8 Å². The van der Waals surface area contributed by atoms with Crippen molar-refractivity contribution in [2.24, 2.45) is 11.7 Å². The normalized spacial score (nSPS) is 22.2. The zero-order chi connectivity index (χ0) is 14.0. The van der Waals surface area contributed by atoms with Crippen LogP contribution in [0.1, 0.15) is 36.5 Å². The number of nitrogens with zero attached hydrogens (tertiary/aromatic N) is 2. The van der Waals surface area contributed by atoms with Gasteiger partial charge in [-0.15, -0.1) is 0 Å². The standard InChI is InChI=1S/C12H16N4O3/c1-7-2-3-8(4-7)15-12-10(11(13)17)5-9(6-14-12)16(18)19/h5-8H,2-4H2,1H3,(H2,13,17)(H,14,15). The van der Waals surface area contributed by atoms with Gasteiger partial charge in [-0.05, 0) is 25.2 Å². The van der Waals surface area contributed by atoms with E-state index >= 15 is 0 Å². The largest absolute Gasteiger partial charge is 0.367 e. The lowest BCUT2D eigenvalue weighted by molar-refractivity contribution is -0.385. The summed E-state index contributed by atoms with van der Waals surface area (Å²) in [7, 11) is 0. The van der Waals surface area contributed by atoms with Gasteiger partial charge in [-0.1, -0.05) is 6.92 Å². The first kappa shape index (κ1) is 13.3. The van der Waals surface area contributed by atoms with Crippen LogP contribution in [-0.4, -0.2) is 21.9 Å². The summed E-state index contributed by atoms with van der Waals surface area (Å²) in [5.74, 6) is 0.245. The van der Waals surface area contributed by atoms with Crippen LogP contribution in [0.2, 0.25) is 0 Å². The molecule has 0 radical (unpaired) electrons. The molecule has 1 aromatic rings. The van der Waals surface area contributed by atoms with Gasteiger partial charge < -0.3 is 11.1 Å². The Labute approximate surface area is 110 Å². The molecular weight excluding hydrogens is 248 g/mol. The molecule has 0 saturated heterocycles. The number of anilines is 1. The van der Waals surface area contributed by atoms with E-state index in [0.717, 1.165) is 31.5 Å². The highest BCUT2D eigenvalue weighted by Crippen LogP contribution is 2.28. The van der Waals surface area contributed by atoms with Crippen molar-refractivity contribution >= 4 is 17.4 Å². The molecule has 7 heteroatoms. The number of nitro groups is 1. The van der Waals surface area contributed by atoms with Gasteiger partial charge in [0.1, 0.15) is 12.0 Å². The molecule has 0 aliphatic heterocycles. The molecule has 2 atom stereocenters. The third-order valence-electron chi connectivity index (χ3n) is 3.39. The lowest BCUT2D eigenvalue weighted by atomic mass is 10.1. The fraction of sp³-hybridized carbons (Fsp3) is 0.500. The van der Waals surface area contributed by atoms with Gasteiger partial charge in [0.25, 0.3) is 11.6 Å². The average molecular weight is 264 g/mol. The molecule has 7 nitrogen and oxygen atoms in total. The number of pyridine rings is 1. The molecule has 102 valence electrons. The molecule has 1 saturated carbocycles. The van der Waals surface area contributed by atoms with Crippen LogP contribution in [0.25, 0.3) is 0 Å². The molecule has 0 spiro atoms. The van der Waals surface area contributed by atoms with Gasteiger partial charge in [-0.2, -0.15) is 0 Å². The Kier molecular flexibility index (Phi) is 3.64. The molecule has 1 fully saturated rings. The van der Waals surface area contributed by atoms with Gasteiger partial charge >= 0.3 is 0 Å². The molecule has 2 rings (SSSR count). The monoisotopic (exact) mass is 264 g/mol. The van der Waals surface area contributed by atoms with E-state index in [9.17, 15) is 14.9 Å². The number of nitrogens with two attached hydrogens (primary N) is 1. The molecule has 1 aliphatic carbocycles. The maximum Gasteiger partial charge on any atom is 0.288 e. The van der Waals surface area contributed by atoms with Gasteiger partial charge in [0.05, 0.1) is 10.5 Å². The summed E-state index contributed by atoms with van der Waals surface area (Å²) in [5, 5.41) is 13.8. The Morgan fingerprint density at radius 2 is 2.32 bits per heavy atom. The van der Waals surface area contributed by atoms with Crippen LogP contribution in [0.5, 0.6) is 0 Å². The van der Waals surface area contributed by atoms with E-state index in [1.807, 2.05) is 0 Å². The van der Waals surface area contributed by atoms with E-state index in [-0.39, 0.29) is 17.3 Å². The Morgan fingerprint density at radius 1 is 1.58 bits per heavy atom. The van der Waals surface area contributed by atoms with Crippen molar-refractivity contribution in [2.45, 2.75) is 32.2 Å². The molecule has 1 amide bonds. The smallest absolute Gasteiger partial charge is 0.288 e. The number of nitrogens with one attached hydrogen (secondary N) is 1. The molecule has 1 aromatic heterocycles. The van der Waals surface area contributed by atoms with Crippen molar-refractivity contribution in [1.29, 1.82) is 0 Å². The van der Waals surface area contributed by atoms with Gasteiger partial charge in [0, 0.05) is 12.1 Å². The summed E-state index contributed by atoms with van der Waals surface area (Å²) in [6.45, 7) is 2.17. The van der Waals surface area contributed by atoms with Crippen molar-refractivity contribution in [3.8, 4) is 0 Å². The van der Waals surface area contributed by atoms with Crippen LogP contribution in [0.3, 0.4) is 0 Å². The van der Waals surface area contributed by atoms with Gasteiger partial charge in [0.15, 0.2) is 0 Å². The first-order valence-electron chi connectivity index (χ1n) is 6.18. The second kappa shape index (κ2) is 5.21. The lowest BCUT2D eigenvalue weighted by Crippen LogP contribution is -2.21. The van der Waals surface area contributed by atoms with Crippen molar-refractivity contribution < 1.29 is 9.72 Å². The second-order valence-corrected chi connectivity index (χ2v) is 4.97. The molecule has 0 bridgehead atoms. The summed E-state index contributed by atoms with van der Waals surface area (Å²) in [6.07, 6.45) is 4.25. The SMILES string of the molecule is CC1CCC(Nc2ncc([N+](=O)[O-])cc2C(N)=O)C1. The van der Waals surface area contributed by atoms with E-state index in [1.54, 1.807) is 0 Å². The van der Waals surface area contributed by atoms with Crippen molar-refractivity contribution in [2.75, 3.05) is 5.32 Å². The average Bonchev–Trinajstić information content (AvgIpc) is 2.74. The molecule has 1 heterocycles. The number of carbonyl (C=O) groups excluding carboxylic acids is 1. The zero-order valence-corrected chi connectivity index (χ0v) is 10.6. The Hall–Kier alpha value is -2.18. The summed E-state index contributed by atoms with van der Waals surface area (Å²) < 4.78 is 0. The number of carbonyl (C=O) groups is 1. The van der Waals surface area contributed by atoms with Crippen LogP contribution in [0, 0.1) is 16.0 Å². The number of primary amides is 1. The number of hydrogen-bond donors (Lipinski definition) is 2. The van der Waals surface area contributed by atoms with Crippen LogP contribution in [0.15, 0.2) is 12.3 Å². The molecule has 3 N–H and O–H groups in total. The minimum atomic E-state index is -0.718. The van der Waals surface area contributed by atoms with Crippen molar-refractivity contribution in [1.82, 2.24) is 4.98 Å². The van der Waals surface area contributed by atoms with Gasteiger partial charge in [0.2, 0.25) is 0 Å². The molecule has 0 aromatic carbocycles. The first-order valence-corrected chi connectivity index (χ1v) is 6.18. The first-order chi connectivity index (χ1) is 8.97. The maximum atomic E-state index is 11.4. The van der Waals surface area contributed by atoms with E-state index in [0.29, 0.717) is 11.7 Å². The fourth-order valence-electron chi connectivity index (χ4n) is 2.39. The molecule has 19 heavy (non-hydrogen) atoms. The summed E-state index contributed by atoms with van der Waals surface area (Å²) in [4.78, 5) is 25.4. The van der Waals surface area contributed by atoms with Crippen LogP contribution < -0.4 is 11.1 Å². The number of aromatic nitrogens is 1. The van der Waals surface area contributed by atoms with E-state index in [1.165, 1.54) is 0 Å². The third-order valence-corrected chi connectivity index (χ3v) is 3.39. The summed E-state index contributed by atoms with van der Waals surface area (Å²) in [5.41, 5.74) is 5.07. The van der Waals surface area contributed by atoms with Crippen LogP contribution in [-0.2, 0) is 0 Å². The van der Waals surface area contributed by atoms with Crippen molar-refractivity contribution in [3.05, 3.63) is 27.9 Å². The zero-order valence-electron chi connectivity index (χ0n) is 10.6. The lowest BCUT2D eigenvalue weighted by Gasteiger charge is -2.14. The third kappa shape index (κ3) is 2.98. The van der Waals surface area contributed by atoms with E-state index in [2.05, 4.69) is 17.2 Å². The predicted molar refractivity (Wildman–Crippen MR) is 69.8 cm³/mol. The Bertz CT molecular complexity index is 518. The Morgan fingerprint density at radius 3 is 2.84 bits per heavy atom. The summed E-state index contributed by atoms with van der Waals surface area (Å²) >= 11 is 0. The highest BCUT2D eigenvalue weighted by molar-refractivity contribution is 5.98. The summed E-state index contributed by atoms with van der Waals surface area (Å²) in [6, 6.07) is 1.40. The minimum Gasteiger partial charge on any atom is -0.367 e.